The summed E-state index contributed by atoms with van der Waals surface area (Å²) >= 11 is 3.42. The molecule has 9 heteroatoms. The summed E-state index contributed by atoms with van der Waals surface area (Å²) in [6.07, 6.45) is -0.419. The lowest BCUT2D eigenvalue weighted by molar-refractivity contribution is -0.148. The molecule has 0 fully saturated rings. The molecule has 0 bridgehead atoms. The van der Waals surface area contributed by atoms with Crippen LogP contribution in [0, 0.1) is 13.8 Å². The lowest BCUT2D eigenvalue weighted by Gasteiger charge is -2.11. The largest absolute Gasteiger partial charge is 0.456 e. The molecule has 0 heterocycles. The highest BCUT2D eigenvalue weighted by molar-refractivity contribution is 9.10. The first kappa shape index (κ1) is 23.1. The zero-order chi connectivity index (χ0) is 22.1. The molecule has 0 atom stereocenters. The molecule has 2 aromatic carbocycles. The van der Waals surface area contributed by atoms with E-state index in [1.807, 2.05) is 26.0 Å². The fraction of sp³-hybridized carbons (Fsp3) is 0.238. The van der Waals surface area contributed by atoms with Gasteiger partial charge in [-0.1, -0.05) is 34.1 Å². The summed E-state index contributed by atoms with van der Waals surface area (Å²) in [7, 11) is 0. The van der Waals surface area contributed by atoms with Crippen molar-refractivity contribution in [3.8, 4) is 0 Å². The van der Waals surface area contributed by atoms with Gasteiger partial charge in [-0.3, -0.25) is 30.0 Å². The summed E-state index contributed by atoms with van der Waals surface area (Å²) in [4.78, 5) is 47.3. The second kappa shape index (κ2) is 11.1. The third-order valence-electron chi connectivity index (χ3n) is 4.05. The number of hydrogen-bond acceptors (Lipinski definition) is 5. The van der Waals surface area contributed by atoms with E-state index >= 15 is 0 Å². The molecule has 0 radical (unpaired) electrons. The lowest BCUT2D eigenvalue weighted by Crippen LogP contribution is -2.41. The highest BCUT2D eigenvalue weighted by Gasteiger charge is 2.13. The summed E-state index contributed by atoms with van der Waals surface area (Å²) < 4.78 is 5.82. The first-order valence-corrected chi connectivity index (χ1v) is 9.92. The number of nitrogens with one attached hydrogen (secondary N) is 3. The van der Waals surface area contributed by atoms with Crippen LogP contribution in [0.1, 0.15) is 34.3 Å². The third kappa shape index (κ3) is 7.32. The van der Waals surface area contributed by atoms with Gasteiger partial charge in [0.2, 0.25) is 5.91 Å². The Morgan fingerprint density at radius 3 is 2.30 bits per heavy atom. The lowest BCUT2D eigenvalue weighted by atomic mass is 10.1. The van der Waals surface area contributed by atoms with Gasteiger partial charge in [-0.05, 0) is 49.2 Å². The van der Waals surface area contributed by atoms with Gasteiger partial charge in [-0.2, -0.15) is 0 Å². The second-order valence-corrected chi connectivity index (χ2v) is 7.35. The fourth-order valence-electron chi connectivity index (χ4n) is 2.39. The van der Waals surface area contributed by atoms with E-state index in [0.717, 1.165) is 15.6 Å². The zero-order valence-electron chi connectivity index (χ0n) is 16.6. The van der Waals surface area contributed by atoms with Gasteiger partial charge in [0.25, 0.3) is 11.8 Å². The van der Waals surface area contributed by atoms with Gasteiger partial charge >= 0.3 is 5.97 Å². The number of aryl methyl sites for hydroxylation is 2. The van der Waals surface area contributed by atoms with Gasteiger partial charge in [-0.25, -0.2) is 0 Å². The van der Waals surface area contributed by atoms with Crippen molar-refractivity contribution < 1.29 is 23.9 Å². The Morgan fingerprint density at radius 1 is 0.900 bits per heavy atom. The van der Waals surface area contributed by atoms with Crippen LogP contribution in [-0.4, -0.2) is 30.3 Å². The minimum atomic E-state index is -0.696. The van der Waals surface area contributed by atoms with E-state index in [1.54, 1.807) is 30.3 Å². The van der Waals surface area contributed by atoms with E-state index in [2.05, 4.69) is 32.1 Å². The van der Waals surface area contributed by atoms with Gasteiger partial charge in [0, 0.05) is 22.1 Å². The minimum Gasteiger partial charge on any atom is -0.456 e. The molecule has 0 aliphatic rings. The maximum absolute atomic E-state index is 12.0. The van der Waals surface area contributed by atoms with E-state index in [4.69, 9.17) is 4.74 Å². The molecule has 0 saturated heterocycles. The molecule has 3 N–H and O–H groups in total. The van der Waals surface area contributed by atoms with Crippen molar-refractivity contribution in [1.29, 1.82) is 0 Å². The van der Waals surface area contributed by atoms with E-state index in [9.17, 15) is 19.2 Å². The monoisotopic (exact) mass is 475 g/mol. The highest BCUT2D eigenvalue weighted by Crippen LogP contribution is 2.24. The summed E-state index contributed by atoms with van der Waals surface area (Å²) in [5.41, 5.74) is 7.31. The van der Waals surface area contributed by atoms with Crippen molar-refractivity contribution in [3.05, 3.63) is 63.6 Å². The first-order valence-electron chi connectivity index (χ1n) is 9.12. The Kier molecular flexibility index (Phi) is 8.54. The van der Waals surface area contributed by atoms with Crippen LogP contribution >= 0.6 is 15.9 Å². The number of amides is 3. The molecule has 2 aromatic rings. The van der Waals surface area contributed by atoms with Crippen molar-refractivity contribution in [2.24, 2.45) is 0 Å². The first-order chi connectivity index (χ1) is 14.3. The molecule has 30 heavy (non-hydrogen) atoms. The average Bonchev–Trinajstić information content (AvgIpc) is 2.73. The van der Waals surface area contributed by atoms with Crippen LogP contribution in [-0.2, 0) is 19.1 Å². The summed E-state index contributed by atoms with van der Waals surface area (Å²) in [5, 5.41) is 2.68. The number of carbonyl (C=O) groups excluding carboxylic acids is 4. The van der Waals surface area contributed by atoms with Crippen LogP contribution in [0.15, 0.2) is 46.9 Å². The van der Waals surface area contributed by atoms with E-state index in [-0.39, 0.29) is 12.8 Å². The number of rotatable bonds is 7. The number of ether oxygens (including phenoxy) is 1. The van der Waals surface area contributed by atoms with Gasteiger partial charge in [-0.15, -0.1) is 0 Å². The molecular weight excluding hydrogens is 454 g/mol. The van der Waals surface area contributed by atoms with Gasteiger partial charge in [0.1, 0.15) is 0 Å². The van der Waals surface area contributed by atoms with Crippen LogP contribution in [0.4, 0.5) is 5.69 Å². The van der Waals surface area contributed by atoms with Gasteiger partial charge in [0.05, 0.1) is 6.42 Å². The quantitative estimate of drug-likeness (QED) is 0.420. The van der Waals surface area contributed by atoms with E-state index < -0.39 is 30.3 Å². The maximum Gasteiger partial charge on any atom is 0.306 e. The maximum atomic E-state index is 12.0. The number of benzene rings is 2. The topological polar surface area (TPSA) is 114 Å². The molecule has 2 rings (SSSR count). The Hall–Kier alpha value is -3.20. The molecule has 0 aliphatic heterocycles. The smallest absolute Gasteiger partial charge is 0.306 e. The Labute approximate surface area is 182 Å². The molecule has 0 aromatic heterocycles. The number of halogens is 1. The van der Waals surface area contributed by atoms with Crippen LogP contribution in [0.5, 0.6) is 0 Å². The average molecular weight is 476 g/mol. The summed E-state index contributed by atoms with van der Waals surface area (Å²) in [6.45, 7) is 3.29. The van der Waals surface area contributed by atoms with Crippen LogP contribution in [0.25, 0.3) is 0 Å². The van der Waals surface area contributed by atoms with Crippen molar-refractivity contribution >= 4 is 45.3 Å². The van der Waals surface area contributed by atoms with Gasteiger partial charge < -0.3 is 10.1 Å². The fourth-order valence-corrected chi connectivity index (χ4v) is 2.84. The zero-order valence-corrected chi connectivity index (χ0v) is 18.2. The van der Waals surface area contributed by atoms with Crippen molar-refractivity contribution in [3.63, 3.8) is 0 Å². The number of hydrazine groups is 1. The van der Waals surface area contributed by atoms with E-state index in [0.29, 0.717) is 11.3 Å². The molecule has 158 valence electrons. The molecular formula is C21H22BrN3O5. The molecule has 8 nitrogen and oxygen atoms in total. The van der Waals surface area contributed by atoms with E-state index in [1.165, 1.54) is 0 Å². The van der Waals surface area contributed by atoms with Crippen molar-refractivity contribution in [2.45, 2.75) is 26.7 Å². The predicted molar refractivity (Wildman–Crippen MR) is 114 cm³/mol. The van der Waals surface area contributed by atoms with Crippen LogP contribution in [0.2, 0.25) is 0 Å². The molecule has 0 spiro atoms. The standard InChI is InChI=1S/C21H22BrN3O5/c1-13-11-17(14(2)10-16(13)22)23-19(27)12-30-20(28)9-8-18(26)24-25-21(29)15-6-4-3-5-7-15/h3-7,10-11H,8-9,12H2,1-2H3,(H,23,27)(H,24,26)(H,25,29). The highest BCUT2D eigenvalue weighted by atomic mass is 79.9. The third-order valence-corrected chi connectivity index (χ3v) is 4.91. The Bertz CT molecular complexity index is 947. The van der Waals surface area contributed by atoms with Crippen molar-refractivity contribution in [2.75, 3.05) is 11.9 Å². The summed E-state index contributed by atoms with van der Waals surface area (Å²) in [5.74, 6) is -2.20. The number of esters is 1. The number of anilines is 1. The van der Waals surface area contributed by atoms with Crippen LogP contribution < -0.4 is 16.2 Å². The minimum absolute atomic E-state index is 0.194. The normalized spacial score (nSPS) is 10.1. The SMILES string of the molecule is Cc1cc(NC(=O)COC(=O)CCC(=O)NNC(=O)c2ccccc2)c(C)cc1Br. The van der Waals surface area contributed by atoms with Gasteiger partial charge in [0.15, 0.2) is 6.61 Å². The Balaban J connectivity index is 1.68. The number of carbonyl (C=O) groups is 4. The molecule has 0 saturated carbocycles. The van der Waals surface area contributed by atoms with Crippen LogP contribution in [0.3, 0.4) is 0 Å². The Morgan fingerprint density at radius 2 is 1.60 bits per heavy atom. The molecule has 0 unspecified atom stereocenters. The predicted octanol–water partition coefficient (Wildman–Crippen LogP) is 2.79. The second-order valence-electron chi connectivity index (χ2n) is 6.49. The summed E-state index contributed by atoms with van der Waals surface area (Å²) in [6, 6.07) is 12.0. The van der Waals surface area contributed by atoms with Crippen molar-refractivity contribution in [1.82, 2.24) is 10.9 Å². The molecule has 0 aliphatic carbocycles. The molecule has 3 amide bonds. The number of hydrogen-bond donors (Lipinski definition) is 3.